The maximum atomic E-state index is 12.2. The zero-order valence-electron chi connectivity index (χ0n) is 13.8. The Morgan fingerprint density at radius 3 is 2.59 bits per heavy atom. The molecule has 0 aromatic heterocycles. The van der Waals surface area contributed by atoms with Gasteiger partial charge in [0.05, 0.1) is 0 Å². The molecule has 22 heavy (non-hydrogen) atoms. The number of hydrogen-bond donors (Lipinski definition) is 2. The molecule has 3 atom stereocenters. The number of benzene rings is 1. The van der Waals surface area contributed by atoms with E-state index in [2.05, 4.69) is 26.1 Å². The van der Waals surface area contributed by atoms with Gasteiger partial charge in [0.25, 0.3) is 0 Å². The number of carbonyl (C=O) groups is 1. The van der Waals surface area contributed by atoms with Crippen LogP contribution in [0.1, 0.15) is 58.1 Å². The van der Waals surface area contributed by atoms with Gasteiger partial charge in [0.1, 0.15) is 0 Å². The van der Waals surface area contributed by atoms with Gasteiger partial charge in [-0.15, -0.1) is 12.4 Å². The van der Waals surface area contributed by atoms with Crippen molar-refractivity contribution in [2.75, 3.05) is 0 Å². The first-order chi connectivity index (χ1) is 9.87. The summed E-state index contributed by atoms with van der Waals surface area (Å²) in [7, 11) is 0. The van der Waals surface area contributed by atoms with Crippen LogP contribution in [-0.2, 0) is 4.79 Å². The van der Waals surface area contributed by atoms with Crippen LogP contribution in [0.15, 0.2) is 30.3 Å². The van der Waals surface area contributed by atoms with Crippen molar-refractivity contribution in [2.45, 2.75) is 58.5 Å². The highest BCUT2D eigenvalue weighted by molar-refractivity contribution is 5.85. The van der Waals surface area contributed by atoms with E-state index in [1.807, 2.05) is 30.3 Å². The van der Waals surface area contributed by atoms with Crippen LogP contribution in [0.2, 0.25) is 0 Å². The van der Waals surface area contributed by atoms with Crippen LogP contribution in [-0.4, -0.2) is 11.9 Å². The molecule has 1 fully saturated rings. The molecule has 3 N–H and O–H groups in total. The van der Waals surface area contributed by atoms with Gasteiger partial charge in [-0.25, -0.2) is 0 Å². The highest BCUT2D eigenvalue weighted by Gasteiger charge is 2.33. The van der Waals surface area contributed by atoms with Crippen LogP contribution in [0, 0.1) is 11.3 Å². The summed E-state index contributed by atoms with van der Waals surface area (Å²) in [4.78, 5) is 12.2. The van der Waals surface area contributed by atoms with Crippen LogP contribution >= 0.6 is 12.4 Å². The topological polar surface area (TPSA) is 55.1 Å². The smallest absolute Gasteiger partial charge is 0.222 e. The monoisotopic (exact) mass is 324 g/mol. The molecule has 2 rings (SSSR count). The molecular formula is C18H29ClN2O. The maximum absolute atomic E-state index is 12.2. The number of hydrogen-bond acceptors (Lipinski definition) is 2. The van der Waals surface area contributed by atoms with Gasteiger partial charge in [0.15, 0.2) is 0 Å². The summed E-state index contributed by atoms with van der Waals surface area (Å²) >= 11 is 0. The van der Waals surface area contributed by atoms with Gasteiger partial charge >= 0.3 is 0 Å². The first-order valence-corrected chi connectivity index (χ1v) is 7.97. The Morgan fingerprint density at radius 2 is 2.00 bits per heavy atom. The van der Waals surface area contributed by atoms with Crippen molar-refractivity contribution < 1.29 is 4.79 Å². The zero-order valence-corrected chi connectivity index (χ0v) is 14.7. The molecule has 1 aliphatic carbocycles. The van der Waals surface area contributed by atoms with Gasteiger partial charge < -0.3 is 11.1 Å². The molecule has 124 valence electrons. The van der Waals surface area contributed by atoms with E-state index < -0.39 is 0 Å². The molecule has 0 spiro atoms. The molecule has 1 aliphatic rings. The summed E-state index contributed by atoms with van der Waals surface area (Å²) in [5.41, 5.74) is 7.54. The van der Waals surface area contributed by atoms with Gasteiger partial charge in [-0.2, -0.15) is 0 Å². The van der Waals surface area contributed by atoms with Gasteiger partial charge in [-0.3, -0.25) is 4.79 Å². The normalized spacial score (nSPS) is 24.9. The van der Waals surface area contributed by atoms with Crippen LogP contribution in [0.25, 0.3) is 0 Å². The number of nitrogens with two attached hydrogens (primary N) is 1. The first-order valence-electron chi connectivity index (χ1n) is 7.97. The fourth-order valence-electron chi connectivity index (χ4n) is 3.44. The lowest BCUT2D eigenvalue weighted by atomic mass is 9.70. The number of halogens is 1. The van der Waals surface area contributed by atoms with E-state index in [9.17, 15) is 4.79 Å². The third-order valence-electron chi connectivity index (χ3n) is 4.67. The highest BCUT2D eigenvalue weighted by Crippen LogP contribution is 2.38. The zero-order chi connectivity index (χ0) is 15.5. The van der Waals surface area contributed by atoms with Crippen molar-refractivity contribution in [3.63, 3.8) is 0 Å². The quantitative estimate of drug-likeness (QED) is 0.884. The van der Waals surface area contributed by atoms with E-state index in [4.69, 9.17) is 5.73 Å². The number of rotatable bonds is 4. The second kappa shape index (κ2) is 7.98. The number of nitrogens with one attached hydrogen (secondary N) is 1. The molecule has 0 aliphatic heterocycles. The lowest BCUT2D eigenvalue weighted by Gasteiger charge is -2.39. The Kier molecular flexibility index (Phi) is 6.89. The summed E-state index contributed by atoms with van der Waals surface area (Å²) in [5, 5.41) is 3.19. The number of carbonyl (C=O) groups excluding carboxylic acids is 1. The molecule has 1 amide bonds. The molecule has 1 saturated carbocycles. The molecular weight excluding hydrogens is 296 g/mol. The highest BCUT2D eigenvalue weighted by atomic mass is 35.5. The summed E-state index contributed by atoms with van der Waals surface area (Å²) in [6.45, 7) is 6.86. The van der Waals surface area contributed by atoms with Gasteiger partial charge in [-0.1, -0.05) is 51.1 Å². The summed E-state index contributed by atoms with van der Waals surface area (Å²) in [6, 6.07) is 9.90. The predicted octanol–water partition coefficient (Wildman–Crippen LogP) is 3.83. The molecule has 0 bridgehead atoms. The Labute approximate surface area is 140 Å². The first kappa shape index (κ1) is 19.0. The van der Waals surface area contributed by atoms with E-state index in [1.54, 1.807) is 0 Å². The van der Waals surface area contributed by atoms with E-state index in [1.165, 1.54) is 12.8 Å². The average molecular weight is 325 g/mol. The Bertz CT molecular complexity index is 475. The lowest BCUT2D eigenvalue weighted by molar-refractivity contribution is -0.123. The molecule has 0 saturated heterocycles. The van der Waals surface area contributed by atoms with Gasteiger partial charge in [-0.05, 0) is 36.2 Å². The Hall–Kier alpha value is -1.06. The minimum atomic E-state index is -0.221. The van der Waals surface area contributed by atoms with Crippen LogP contribution in [0.3, 0.4) is 0 Å². The van der Waals surface area contributed by atoms with Crippen LogP contribution in [0.5, 0.6) is 0 Å². The largest absolute Gasteiger partial charge is 0.353 e. The minimum Gasteiger partial charge on any atom is -0.353 e. The van der Waals surface area contributed by atoms with Crippen molar-refractivity contribution in [1.82, 2.24) is 5.32 Å². The van der Waals surface area contributed by atoms with Crippen molar-refractivity contribution in [1.29, 1.82) is 0 Å². The van der Waals surface area contributed by atoms with E-state index in [0.717, 1.165) is 12.0 Å². The SMILES string of the molecule is CC1CC(C)(C)CCC1NC(=O)CC(N)c1ccccc1.Cl. The molecule has 1 aromatic carbocycles. The third kappa shape index (κ3) is 5.29. The van der Waals surface area contributed by atoms with Gasteiger partial charge in [0.2, 0.25) is 5.91 Å². The minimum absolute atomic E-state index is 0. The lowest BCUT2D eigenvalue weighted by Crippen LogP contribution is -2.45. The van der Waals surface area contributed by atoms with Crippen molar-refractivity contribution in [3.8, 4) is 0 Å². The van der Waals surface area contributed by atoms with Gasteiger partial charge in [0, 0.05) is 18.5 Å². The van der Waals surface area contributed by atoms with E-state index >= 15 is 0 Å². The van der Waals surface area contributed by atoms with Crippen LogP contribution in [0.4, 0.5) is 0 Å². The summed E-state index contributed by atoms with van der Waals surface area (Å²) < 4.78 is 0. The van der Waals surface area contributed by atoms with Crippen molar-refractivity contribution in [2.24, 2.45) is 17.1 Å². The molecule has 0 heterocycles. The van der Waals surface area contributed by atoms with Crippen molar-refractivity contribution >= 4 is 18.3 Å². The van der Waals surface area contributed by atoms with E-state index in [0.29, 0.717) is 23.8 Å². The third-order valence-corrected chi connectivity index (χ3v) is 4.67. The van der Waals surface area contributed by atoms with Crippen molar-refractivity contribution in [3.05, 3.63) is 35.9 Å². The fourth-order valence-corrected chi connectivity index (χ4v) is 3.44. The average Bonchev–Trinajstić information content (AvgIpc) is 2.42. The molecule has 0 radical (unpaired) electrons. The summed E-state index contributed by atoms with van der Waals surface area (Å²) in [6.07, 6.45) is 3.77. The molecule has 3 unspecified atom stereocenters. The Morgan fingerprint density at radius 1 is 1.36 bits per heavy atom. The molecule has 3 nitrogen and oxygen atoms in total. The second-order valence-electron chi connectivity index (χ2n) is 7.28. The maximum Gasteiger partial charge on any atom is 0.222 e. The molecule has 4 heteroatoms. The summed E-state index contributed by atoms with van der Waals surface area (Å²) in [5.74, 6) is 0.605. The second-order valence-corrected chi connectivity index (χ2v) is 7.28. The Balaban J connectivity index is 0.00000242. The van der Waals surface area contributed by atoms with E-state index in [-0.39, 0.29) is 24.4 Å². The predicted molar refractivity (Wildman–Crippen MR) is 94.0 cm³/mol. The standard InChI is InChI=1S/C18H28N2O.ClH/c1-13-12-18(2,3)10-9-16(13)20-17(21)11-15(19)14-7-5-4-6-8-14;/h4-8,13,15-16H,9-12,19H2,1-3H3,(H,20,21);1H. The van der Waals surface area contributed by atoms with Crippen LogP contribution < -0.4 is 11.1 Å². The fraction of sp³-hybridized carbons (Fsp3) is 0.611. The number of amides is 1. The molecule has 1 aromatic rings.